The zero-order valence-electron chi connectivity index (χ0n) is 19.6. The predicted molar refractivity (Wildman–Crippen MR) is 129 cm³/mol. The highest BCUT2D eigenvalue weighted by Gasteiger charge is 2.34. The molecule has 1 aromatic carbocycles. The van der Waals surface area contributed by atoms with Crippen molar-refractivity contribution in [2.24, 2.45) is 0 Å². The van der Waals surface area contributed by atoms with Gasteiger partial charge < -0.3 is 14.0 Å². The number of ether oxygens (including phenoxy) is 2. The number of pyridine rings is 1. The van der Waals surface area contributed by atoms with Gasteiger partial charge in [0.1, 0.15) is 5.75 Å². The molecule has 7 nitrogen and oxygen atoms in total. The first-order valence-corrected chi connectivity index (χ1v) is 13.6. The summed E-state index contributed by atoms with van der Waals surface area (Å²) in [5, 5.41) is 0. The minimum atomic E-state index is -3.40. The van der Waals surface area contributed by atoms with Crippen molar-refractivity contribution in [3.63, 3.8) is 0 Å². The van der Waals surface area contributed by atoms with Crippen molar-refractivity contribution < 1.29 is 17.9 Å². The summed E-state index contributed by atoms with van der Waals surface area (Å²) in [4.78, 5) is 13.0. The molecule has 8 heteroatoms. The van der Waals surface area contributed by atoms with Crippen molar-refractivity contribution in [3.05, 3.63) is 63.6 Å². The van der Waals surface area contributed by atoms with E-state index in [4.69, 9.17) is 9.47 Å². The van der Waals surface area contributed by atoms with E-state index in [2.05, 4.69) is 16.9 Å². The summed E-state index contributed by atoms with van der Waals surface area (Å²) in [5.41, 5.74) is 2.77. The van der Waals surface area contributed by atoms with E-state index in [9.17, 15) is 13.2 Å². The van der Waals surface area contributed by atoms with Crippen molar-refractivity contribution in [1.29, 1.82) is 0 Å². The van der Waals surface area contributed by atoms with Crippen LogP contribution >= 0.6 is 0 Å². The smallest absolute Gasteiger partial charge is 0.254 e. The van der Waals surface area contributed by atoms with E-state index < -0.39 is 10.0 Å². The maximum Gasteiger partial charge on any atom is 0.254 e. The second kappa shape index (κ2) is 9.99. The minimum Gasteiger partial charge on any atom is -0.496 e. The van der Waals surface area contributed by atoms with Gasteiger partial charge in [0.2, 0.25) is 10.0 Å². The third-order valence-corrected chi connectivity index (χ3v) is 7.75. The van der Waals surface area contributed by atoms with E-state index in [-0.39, 0.29) is 23.7 Å². The van der Waals surface area contributed by atoms with Gasteiger partial charge in [0.25, 0.3) is 5.56 Å². The number of hydrogen-bond acceptors (Lipinski definition) is 5. The van der Waals surface area contributed by atoms with Crippen molar-refractivity contribution >= 4 is 10.0 Å². The van der Waals surface area contributed by atoms with Gasteiger partial charge >= 0.3 is 0 Å². The number of nitrogens with one attached hydrogen (secondary N) is 1. The molecule has 1 aliphatic heterocycles. The molecule has 2 aliphatic rings. The Morgan fingerprint density at radius 1 is 1.06 bits per heavy atom. The molecule has 0 amide bonds. The molecule has 1 fully saturated rings. The van der Waals surface area contributed by atoms with Gasteiger partial charge in [-0.2, -0.15) is 0 Å². The molecule has 4 rings (SSSR count). The molecule has 180 valence electrons. The molecular formula is C25H34N2O5S. The highest BCUT2D eigenvalue weighted by Crippen LogP contribution is 2.38. The van der Waals surface area contributed by atoms with E-state index in [1.54, 1.807) is 18.6 Å². The standard InChI is InChI=1S/C25H34N2O5S/c1-17-8-11-19-12-15-22(26-33(3,29)30)23(27(19)25(17)28)16-32-20-13-9-18(10-14-20)21-6-4-5-7-24(21)31-2/h4-8,11,18,20,22-23,26H,9-10,12-16H2,1-3H3/t18?,20?,22-,23-/m0/s1. The molecule has 1 aliphatic carbocycles. The number of fused-ring (bicyclic) bond motifs is 1. The third-order valence-electron chi connectivity index (χ3n) is 7.02. The van der Waals surface area contributed by atoms with Crippen LogP contribution in [0.3, 0.4) is 0 Å². The summed E-state index contributed by atoms with van der Waals surface area (Å²) < 4.78 is 40.3. The molecule has 0 radical (unpaired) electrons. The number of para-hydroxylation sites is 1. The van der Waals surface area contributed by atoms with Crippen LogP contribution in [0.2, 0.25) is 0 Å². The van der Waals surface area contributed by atoms with E-state index in [1.807, 2.05) is 24.3 Å². The number of benzene rings is 1. The quantitative estimate of drug-likeness (QED) is 0.665. The summed E-state index contributed by atoms with van der Waals surface area (Å²) in [5.74, 6) is 1.38. The van der Waals surface area contributed by atoms with Crippen LogP contribution < -0.4 is 15.0 Å². The van der Waals surface area contributed by atoms with Gasteiger partial charge in [-0.25, -0.2) is 13.1 Å². The fraction of sp³-hybridized carbons (Fsp3) is 0.560. The predicted octanol–water partition coefficient (Wildman–Crippen LogP) is 3.31. The minimum absolute atomic E-state index is 0.0685. The Morgan fingerprint density at radius 2 is 1.79 bits per heavy atom. The third kappa shape index (κ3) is 5.50. The van der Waals surface area contributed by atoms with E-state index in [0.717, 1.165) is 37.1 Å². The molecule has 0 unspecified atom stereocenters. The summed E-state index contributed by atoms with van der Waals surface area (Å²) in [7, 11) is -1.69. The molecule has 1 aromatic heterocycles. The Labute approximate surface area is 196 Å². The first-order chi connectivity index (χ1) is 15.8. The Hall–Kier alpha value is -2.16. The molecule has 0 spiro atoms. The number of rotatable bonds is 7. The largest absolute Gasteiger partial charge is 0.496 e. The van der Waals surface area contributed by atoms with Crippen LogP contribution in [0.1, 0.15) is 60.9 Å². The fourth-order valence-corrected chi connectivity index (χ4v) is 6.14. The molecule has 2 atom stereocenters. The monoisotopic (exact) mass is 474 g/mol. The van der Waals surface area contributed by atoms with Crippen LogP contribution in [0.15, 0.2) is 41.2 Å². The number of methoxy groups -OCH3 is 1. The van der Waals surface area contributed by atoms with E-state index in [0.29, 0.717) is 30.9 Å². The number of aryl methyl sites for hydroxylation is 2. The maximum absolute atomic E-state index is 13.0. The van der Waals surface area contributed by atoms with Crippen molar-refractivity contribution in [1.82, 2.24) is 9.29 Å². The van der Waals surface area contributed by atoms with Gasteiger partial charge in [-0.15, -0.1) is 0 Å². The first kappa shape index (κ1) is 24.0. The Morgan fingerprint density at radius 3 is 2.48 bits per heavy atom. The summed E-state index contributed by atoms with van der Waals surface area (Å²) >= 11 is 0. The van der Waals surface area contributed by atoms with Crippen molar-refractivity contribution in [2.75, 3.05) is 20.0 Å². The number of hydrogen-bond donors (Lipinski definition) is 1. The Balaban J connectivity index is 1.46. The molecule has 1 saturated carbocycles. The highest BCUT2D eigenvalue weighted by molar-refractivity contribution is 7.88. The average molecular weight is 475 g/mol. The zero-order valence-corrected chi connectivity index (χ0v) is 20.4. The van der Waals surface area contributed by atoms with Gasteiger partial charge in [0.05, 0.1) is 32.1 Å². The summed E-state index contributed by atoms with van der Waals surface area (Å²) in [6.45, 7) is 2.10. The normalized spacial score (nSPS) is 25.4. The second-order valence-electron chi connectivity index (χ2n) is 9.33. The lowest BCUT2D eigenvalue weighted by molar-refractivity contribution is -0.00178. The van der Waals surface area contributed by atoms with E-state index in [1.165, 1.54) is 11.8 Å². The van der Waals surface area contributed by atoms with Gasteiger partial charge in [-0.05, 0) is 69.1 Å². The average Bonchev–Trinajstić information content (AvgIpc) is 2.80. The molecule has 0 bridgehead atoms. The Bertz CT molecular complexity index is 1140. The van der Waals surface area contributed by atoms with Crippen LogP contribution in [0.5, 0.6) is 5.75 Å². The van der Waals surface area contributed by atoms with Crippen LogP contribution in [0.25, 0.3) is 0 Å². The maximum atomic E-state index is 13.0. The van der Waals surface area contributed by atoms with Crippen molar-refractivity contribution in [3.8, 4) is 5.75 Å². The van der Waals surface area contributed by atoms with Crippen LogP contribution in [-0.4, -0.2) is 45.1 Å². The van der Waals surface area contributed by atoms with Gasteiger partial charge in [0, 0.05) is 17.3 Å². The first-order valence-electron chi connectivity index (χ1n) is 11.7. The lowest BCUT2D eigenvalue weighted by atomic mass is 9.82. The molecule has 0 saturated heterocycles. The van der Waals surface area contributed by atoms with Crippen LogP contribution in [0.4, 0.5) is 0 Å². The van der Waals surface area contributed by atoms with Gasteiger partial charge in [-0.1, -0.05) is 24.3 Å². The lowest BCUT2D eigenvalue weighted by Crippen LogP contribution is -2.49. The fourth-order valence-electron chi connectivity index (χ4n) is 5.32. The number of aromatic nitrogens is 1. The molecular weight excluding hydrogens is 440 g/mol. The number of sulfonamides is 1. The molecule has 1 N–H and O–H groups in total. The molecule has 2 heterocycles. The van der Waals surface area contributed by atoms with Crippen molar-refractivity contribution in [2.45, 2.75) is 69.6 Å². The second-order valence-corrected chi connectivity index (χ2v) is 11.1. The summed E-state index contributed by atoms with van der Waals surface area (Å²) in [6.07, 6.45) is 6.43. The molecule has 2 aromatic rings. The van der Waals surface area contributed by atoms with Gasteiger partial charge in [-0.3, -0.25) is 4.79 Å². The molecule has 33 heavy (non-hydrogen) atoms. The zero-order chi connectivity index (χ0) is 23.6. The Kier molecular flexibility index (Phi) is 7.26. The lowest BCUT2D eigenvalue weighted by Gasteiger charge is -2.37. The topological polar surface area (TPSA) is 86.6 Å². The number of nitrogens with zero attached hydrogens (tertiary/aromatic N) is 1. The summed E-state index contributed by atoms with van der Waals surface area (Å²) in [6, 6.07) is 11.3. The van der Waals surface area contributed by atoms with Crippen LogP contribution in [-0.2, 0) is 21.2 Å². The highest BCUT2D eigenvalue weighted by atomic mass is 32.2. The van der Waals surface area contributed by atoms with Crippen LogP contribution in [0, 0.1) is 6.92 Å². The van der Waals surface area contributed by atoms with E-state index >= 15 is 0 Å². The van der Waals surface area contributed by atoms with Gasteiger partial charge in [0.15, 0.2) is 0 Å². The SMILES string of the molecule is COc1ccccc1C1CCC(OC[C@H]2[C@@H](NS(C)(=O)=O)CCc3ccc(C)c(=O)n32)CC1.